The van der Waals surface area contributed by atoms with E-state index in [2.05, 4.69) is 26.2 Å². The minimum atomic E-state index is -0.234. The number of hydrogen-bond acceptors (Lipinski definition) is 2. The maximum absolute atomic E-state index is 13.5. The Bertz CT molecular complexity index is 768. The Morgan fingerprint density at radius 3 is 2.71 bits per heavy atom. The van der Waals surface area contributed by atoms with Crippen molar-refractivity contribution >= 4 is 15.9 Å². The molecule has 0 saturated heterocycles. The lowest BCUT2D eigenvalue weighted by molar-refractivity contribution is 0.618. The Morgan fingerprint density at radius 1 is 1.19 bits per heavy atom. The van der Waals surface area contributed by atoms with Gasteiger partial charge >= 0.3 is 0 Å². The predicted octanol–water partition coefficient (Wildman–Crippen LogP) is 4.20. The first-order valence-electron chi connectivity index (χ1n) is 6.53. The van der Waals surface area contributed by atoms with Crippen LogP contribution in [0.15, 0.2) is 53.1 Å². The lowest BCUT2D eigenvalue weighted by atomic mass is 10.1. The molecule has 3 nitrogen and oxygen atoms in total. The minimum Gasteiger partial charge on any atom is -0.247 e. The van der Waals surface area contributed by atoms with E-state index in [0.717, 1.165) is 16.8 Å². The van der Waals surface area contributed by atoms with Gasteiger partial charge in [0.25, 0.3) is 0 Å². The van der Waals surface area contributed by atoms with Gasteiger partial charge in [0.05, 0.1) is 12.7 Å². The van der Waals surface area contributed by atoms with Crippen LogP contribution in [0.2, 0.25) is 0 Å². The summed E-state index contributed by atoms with van der Waals surface area (Å²) >= 11 is 3.38. The summed E-state index contributed by atoms with van der Waals surface area (Å²) in [5, 5.41) is 8.31. The van der Waals surface area contributed by atoms with Gasteiger partial charge in [0, 0.05) is 10.0 Å². The van der Waals surface area contributed by atoms with Crippen LogP contribution < -0.4 is 0 Å². The Labute approximate surface area is 130 Å². The second kappa shape index (κ2) is 5.77. The molecular formula is C16H13BrFN3. The topological polar surface area (TPSA) is 30.7 Å². The number of aryl methyl sites for hydroxylation is 1. The molecule has 0 radical (unpaired) electrons. The fourth-order valence-electron chi connectivity index (χ4n) is 2.12. The summed E-state index contributed by atoms with van der Waals surface area (Å²) in [6.45, 7) is 2.39. The van der Waals surface area contributed by atoms with Crippen LogP contribution in [0.5, 0.6) is 0 Å². The molecule has 0 aliphatic heterocycles. The molecule has 5 heteroatoms. The third-order valence-electron chi connectivity index (χ3n) is 3.25. The van der Waals surface area contributed by atoms with E-state index in [1.54, 1.807) is 17.7 Å². The number of hydrogen-bond donors (Lipinski definition) is 0. The smallest absolute Gasteiger partial charge is 0.127 e. The van der Waals surface area contributed by atoms with Crippen molar-refractivity contribution in [1.29, 1.82) is 0 Å². The first-order chi connectivity index (χ1) is 10.1. The zero-order valence-electron chi connectivity index (χ0n) is 11.4. The van der Waals surface area contributed by atoms with Gasteiger partial charge in [0.2, 0.25) is 0 Å². The molecule has 0 saturated carbocycles. The highest BCUT2D eigenvalue weighted by molar-refractivity contribution is 9.10. The van der Waals surface area contributed by atoms with Crippen LogP contribution in [0, 0.1) is 12.7 Å². The highest BCUT2D eigenvalue weighted by atomic mass is 79.9. The molecule has 21 heavy (non-hydrogen) atoms. The monoisotopic (exact) mass is 345 g/mol. The average Bonchev–Trinajstić information content (AvgIpc) is 2.92. The van der Waals surface area contributed by atoms with Crippen LogP contribution in [0.1, 0.15) is 11.1 Å². The molecule has 0 atom stereocenters. The van der Waals surface area contributed by atoms with Gasteiger partial charge in [-0.15, -0.1) is 5.10 Å². The van der Waals surface area contributed by atoms with Crippen molar-refractivity contribution < 1.29 is 4.39 Å². The minimum absolute atomic E-state index is 0.234. The van der Waals surface area contributed by atoms with E-state index in [9.17, 15) is 4.39 Å². The van der Waals surface area contributed by atoms with Crippen molar-refractivity contribution in [2.24, 2.45) is 0 Å². The average molecular weight is 346 g/mol. The van der Waals surface area contributed by atoms with Crippen LogP contribution in [-0.4, -0.2) is 15.0 Å². The van der Waals surface area contributed by atoms with Crippen molar-refractivity contribution in [3.05, 3.63) is 70.1 Å². The standard InChI is InChI=1S/C16H13BrFN3/c1-11-7-13(14(17)8-15(11)18)16-10-21(20-19-16)9-12-5-3-2-4-6-12/h2-8,10H,9H2,1H3. The molecule has 0 unspecified atom stereocenters. The summed E-state index contributed by atoms with van der Waals surface area (Å²) in [5.74, 6) is -0.234. The summed E-state index contributed by atoms with van der Waals surface area (Å²) in [5.41, 5.74) is 3.31. The molecule has 3 aromatic rings. The van der Waals surface area contributed by atoms with Crippen LogP contribution in [0.25, 0.3) is 11.3 Å². The van der Waals surface area contributed by atoms with Crippen LogP contribution >= 0.6 is 15.9 Å². The van der Waals surface area contributed by atoms with E-state index in [4.69, 9.17) is 0 Å². The molecule has 0 bridgehead atoms. The van der Waals surface area contributed by atoms with Gasteiger partial charge in [-0.3, -0.25) is 0 Å². The van der Waals surface area contributed by atoms with Crippen molar-refractivity contribution in [1.82, 2.24) is 15.0 Å². The summed E-state index contributed by atoms with van der Waals surface area (Å²) in [7, 11) is 0. The van der Waals surface area contributed by atoms with Crippen LogP contribution in [0.4, 0.5) is 4.39 Å². The molecule has 1 aromatic heterocycles. The fourth-order valence-corrected chi connectivity index (χ4v) is 2.64. The number of aromatic nitrogens is 3. The number of halogens is 2. The molecule has 0 N–H and O–H groups in total. The van der Waals surface area contributed by atoms with E-state index in [-0.39, 0.29) is 5.82 Å². The fraction of sp³-hybridized carbons (Fsp3) is 0.125. The molecule has 106 valence electrons. The maximum atomic E-state index is 13.5. The molecule has 3 rings (SSSR count). The Morgan fingerprint density at radius 2 is 1.95 bits per heavy atom. The molecule has 1 heterocycles. The van der Waals surface area contributed by atoms with Gasteiger partial charge in [-0.05, 0) is 46.1 Å². The molecule has 0 amide bonds. The quantitative estimate of drug-likeness (QED) is 0.712. The normalized spacial score (nSPS) is 10.8. The predicted molar refractivity (Wildman–Crippen MR) is 83.4 cm³/mol. The Kier molecular flexibility index (Phi) is 3.84. The highest BCUT2D eigenvalue weighted by Crippen LogP contribution is 2.29. The highest BCUT2D eigenvalue weighted by Gasteiger charge is 2.11. The Balaban J connectivity index is 1.90. The van der Waals surface area contributed by atoms with Crippen LogP contribution in [-0.2, 0) is 6.54 Å². The van der Waals surface area contributed by atoms with Crippen molar-refractivity contribution in [2.75, 3.05) is 0 Å². The molecular weight excluding hydrogens is 333 g/mol. The van der Waals surface area contributed by atoms with Crippen LogP contribution in [0.3, 0.4) is 0 Å². The number of benzene rings is 2. The van der Waals surface area contributed by atoms with Gasteiger partial charge in [-0.25, -0.2) is 9.07 Å². The maximum Gasteiger partial charge on any atom is 0.127 e. The SMILES string of the molecule is Cc1cc(-c2cn(Cc3ccccc3)nn2)c(Br)cc1F. The molecule has 0 spiro atoms. The third kappa shape index (κ3) is 3.03. The van der Waals surface area contributed by atoms with Gasteiger partial charge in [-0.1, -0.05) is 35.5 Å². The van der Waals surface area contributed by atoms with Crippen molar-refractivity contribution in [3.8, 4) is 11.3 Å². The molecule has 0 aliphatic rings. The Hall–Kier alpha value is -2.01. The second-order valence-corrected chi connectivity index (χ2v) is 5.72. The van der Waals surface area contributed by atoms with Gasteiger partial charge in [-0.2, -0.15) is 0 Å². The third-order valence-corrected chi connectivity index (χ3v) is 3.91. The van der Waals surface area contributed by atoms with Gasteiger partial charge in [0.15, 0.2) is 0 Å². The number of rotatable bonds is 3. The van der Waals surface area contributed by atoms with Gasteiger partial charge in [0.1, 0.15) is 11.5 Å². The van der Waals surface area contributed by atoms with E-state index >= 15 is 0 Å². The zero-order valence-corrected chi connectivity index (χ0v) is 13.0. The summed E-state index contributed by atoms with van der Waals surface area (Å²) in [6.07, 6.45) is 1.87. The van der Waals surface area contributed by atoms with E-state index < -0.39 is 0 Å². The van der Waals surface area contributed by atoms with E-state index in [0.29, 0.717) is 16.6 Å². The summed E-state index contributed by atoms with van der Waals surface area (Å²) in [6, 6.07) is 13.3. The zero-order chi connectivity index (χ0) is 14.8. The van der Waals surface area contributed by atoms with Gasteiger partial charge < -0.3 is 0 Å². The van der Waals surface area contributed by atoms with E-state index in [1.807, 2.05) is 36.5 Å². The first-order valence-corrected chi connectivity index (χ1v) is 7.33. The molecule has 0 fully saturated rings. The van der Waals surface area contributed by atoms with Crippen molar-refractivity contribution in [2.45, 2.75) is 13.5 Å². The number of nitrogens with zero attached hydrogens (tertiary/aromatic N) is 3. The molecule has 2 aromatic carbocycles. The lowest BCUT2D eigenvalue weighted by Crippen LogP contribution is -1.99. The summed E-state index contributed by atoms with van der Waals surface area (Å²) < 4.78 is 15.9. The first kappa shape index (κ1) is 13.9. The lowest BCUT2D eigenvalue weighted by Gasteiger charge is -2.03. The molecule has 0 aliphatic carbocycles. The van der Waals surface area contributed by atoms with E-state index in [1.165, 1.54) is 6.07 Å². The van der Waals surface area contributed by atoms with Crippen molar-refractivity contribution in [3.63, 3.8) is 0 Å². The largest absolute Gasteiger partial charge is 0.247 e. The second-order valence-electron chi connectivity index (χ2n) is 4.87. The summed E-state index contributed by atoms with van der Waals surface area (Å²) in [4.78, 5) is 0.